The molecular weight excluding hydrogens is 300 g/mol. The van der Waals surface area contributed by atoms with Crippen molar-refractivity contribution in [3.63, 3.8) is 0 Å². The summed E-state index contributed by atoms with van der Waals surface area (Å²) in [5.74, 6) is -1.29. The molecule has 0 saturated carbocycles. The van der Waals surface area contributed by atoms with E-state index in [9.17, 15) is 8.78 Å². The van der Waals surface area contributed by atoms with Crippen molar-refractivity contribution in [2.45, 2.75) is 0 Å². The lowest BCUT2D eigenvalue weighted by Gasteiger charge is -2.28. The molecule has 1 aliphatic heterocycles. The maximum atomic E-state index is 13.4. The van der Waals surface area contributed by atoms with Crippen molar-refractivity contribution in [1.29, 1.82) is 0 Å². The van der Waals surface area contributed by atoms with Crippen molar-refractivity contribution in [3.8, 4) is 0 Å². The first-order chi connectivity index (χ1) is 11.2. The van der Waals surface area contributed by atoms with E-state index in [2.05, 4.69) is 15.4 Å². The number of morpholine rings is 1. The molecule has 0 atom stereocenters. The monoisotopic (exact) mass is 317 g/mol. The fraction of sp³-hybridized carbons (Fsp3) is 0.235. The van der Waals surface area contributed by atoms with Gasteiger partial charge < -0.3 is 9.64 Å². The summed E-state index contributed by atoms with van der Waals surface area (Å²) in [7, 11) is 0. The highest BCUT2D eigenvalue weighted by Gasteiger charge is 2.10. The van der Waals surface area contributed by atoms with E-state index in [1.807, 2.05) is 24.3 Å². The van der Waals surface area contributed by atoms with Crippen molar-refractivity contribution >= 4 is 17.6 Å². The van der Waals surface area contributed by atoms with E-state index in [1.54, 1.807) is 6.21 Å². The van der Waals surface area contributed by atoms with Crippen LogP contribution in [0.15, 0.2) is 47.6 Å². The van der Waals surface area contributed by atoms with Gasteiger partial charge in [0.05, 0.1) is 25.1 Å². The zero-order chi connectivity index (χ0) is 16.1. The molecule has 2 aromatic rings. The average molecular weight is 317 g/mol. The van der Waals surface area contributed by atoms with Crippen molar-refractivity contribution in [2.75, 3.05) is 36.6 Å². The van der Waals surface area contributed by atoms with Gasteiger partial charge in [-0.1, -0.05) is 12.1 Å². The highest BCUT2D eigenvalue weighted by atomic mass is 19.1. The first-order valence-electron chi connectivity index (χ1n) is 7.39. The van der Waals surface area contributed by atoms with Gasteiger partial charge in [-0.2, -0.15) is 5.10 Å². The number of rotatable bonds is 4. The molecule has 0 unspecified atom stereocenters. The Kier molecular flexibility index (Phi) is 4.83. The molecule has 1 N–H and O–H groups in total. The summed E-state index contributed by atoms with van der Waals surface area (Å²) in [6.45, 7) is 3.27. The smallest absolute Gasteiger partial charge is 0.151 e. The van der Waals surface area contributed by atoms with Crippen molar-refractivity contribution in [1.82, 2.24) is 0 Å². The number of nitrogens with one attached hydrogen (secondary N) is 1. The van der Waals surface area contributed by atoms with E-state index in [4.69, 9.17) is 4.74 Å². The first-order valence-corrected chi connectivity index (χ1v) is 7.39. The summed E-state index contributed by atoms with van der Waals surface area (Å²) in [6, 6.07) is 11.2. The normalized spacial score (nSPS) is 15.1. The van der Waals surface area contributed by atoms with Crippen molar-refractivity contribution < 1.29 is 13.5 Å². The SMILES string of the molecule is Fc1ccc(N/N=C\c2ccc(N3CCOCC3)cc2)c(F)c1. The quantitative estimate of drug-likeness (QED) is 0.695. The summed E-state index contributed by atoms with van der Waals surface area (Å²) in [4.78, 5) is 2.26. The largest absolute Gasteiger partial charge is 0.378 e. The highest BCUT2D eigenvalue weighted by molar-refractivity contribution is 5.81. The molecule has 3 rings (SSSR count). The first kappa shape index (κ1) is 15.4. The molecule has 6 heteroatoms. The third-order valence-electron chi connectivity index (χ3n) is 3.60. The minimum Gasteiger partial charge on any atom is -0.378 e. The number of halogens is 2. The van der Waals surface area contributed by atoms with Crippen LogP contribution in [-0.4, -0.2) is 32.5 Å². The van der Waals surface area contributed by atoms with Gasteiger partial charge in [-0.3, -0.25) is 5.43 Å². The molecule has 0 aromatic heterocycles. The van der Waals surface area contributed by atoms with Crippen LogP contribution >= 0.6 is 0 Å². The third-order valence-corrected chi connectivity index (χ3v) is 3.60. The van der Waals surface area contributed by atoms with Gasteiger partial charge in [0, 0.05) is 24.8 Å². The molecular formula is C17H17F2N3O. The molecule has 0 spiro atoms. The number of nitrogens with zero attached hydrogens (tertiary/aromatic N) is 2. The second-order valence-corrected chi connectivity index (χ2v) is 5.19. The van der Waals surface area contributed by atoms with Gasteiger partial charge in [0.1, 0.15) is 5.82 Å². The third kappa shape index (κ3) is 4.04. The predicted molar refractivity (Wildman–Crippen MR) is 87.0 cm³/mol. The minimum absolute atomic E-state index is 0.132. The Balaban J connectivity index is 1.61. The van der Waals surface area contributed by atoms with Crippen LogP contribution in [0.1, 0.15) is 5.56 Å². The fourth-order valence-electron chi connectivity index (χ4n) is 2.35. The van der Waals surface area contributed by atoms with E-state index < -0.39 is 11.6 Å². The summed E-state index contributed by atoms with van der Waals surface area (Å²) in [6.07, 6.45) is 1.59. The summed E-state index contributed by atoms with van der Waals surface area (Å²) in [5, 5.41) is 3.97. The zero-order valence-electron chi connectivity index (χ0n) is 12.5. The number of hydrogen-bond donors (Lipinski definition) is 1. The highest BCUT2D eigenvalue weighted by Crippen LogP contribution is 2.17. The van der Waals surface area contributed by atoms with E-state index in [0.717, 1.165) is 43.6 Å². The lowest BCUT2D eigenvalue weighted by atomic mass is 10.2. The second-order valence-electron chi connectivity index (χ2n) is 5.19. The Morgan fingerprint density at radius 3 is 2.48 bits per heavy atom. The maximum Gasteiger partial charge on any atom is 0.151 e. The molecule has 1 fully saturated rings. The Bertz CT molecular complexity index is 683. The number of benzene rings is 2. The molecule has 1 saturated heterocycles. The zero-order valence-corrected chi connectivity index (χ0v) is 12.5. The Morgan fingerprint density at radius 2 is 1.78 bits per heavy atom. The van der Waals surface area contributed by atoms with Crippen molar-refractivity contribution in [3.05, 3.63) is 59.7 Å². The summed E-state index contributed by atoms with van der Waals surface area (Å²) >= 11 is 0. The molecule has 0 aliphatic carbocycles. The van der Waals surface area contributed by atoms with E-state index in [0.29, 0.717) is 0 Å². The standard InChI is InChI=1S/C17H17F2N3O/c18-14-3-6-17(16(19)11-14)21-20-12-13-1-4-15(5-2-13)22-7-9-23-10-8-22/h1-6,11-12,21H,7-10H2/b20-12-. The van der Waals surface area contributed by atoms with Gasteiger partial charge in [0.15, 0.2) is 5.82 Å². The van der Waals surface area contributed by atoms with Crippen LogP contribution in [-0.2, 0) is 4.74 Å². The van der Waals surface area contributed by atoms with Crippen LogP contribution < -0.4 is 10.3 Å². The Labute approximate surface area is 133 Å². The van der Waals surface area contributed by atoms with E-state index in [-0.39, 0.29) is 5.69 Å². The van der Waals surface area contributed by atoms with Gasteiger partial charge in [0.25, 0.3) is 0 Å². The lowest BCUT2D eigenvalue weighted by Crippen LogP contribution is -2.36. The minimum atomic E-state index is -0.676. The summed E-state index contributed by atoms with van der Waals surface area (Å²) in [5.41, 5.74) is 4.73. The predicted octanol–water partition coefficient (Wildman–Crippen LogP) is 3.25. The topological polar surface area (TPSA) is 36.9 Å². The van der Waals surface area contributed by atoms with Gasteiger partial charge in [-0.25, -0.2) is 8.78 Å². The van der Waals surface area contributed by atoms with Crippen LogP contribution in [0.3, 0.4) is 0 Å². The van der Waals surface area contributed by atoms with Crippen LogP contribution in [0.4, 0.5) is 20.2 Å². The second kappa shape index (κ2) is 7.19. The molecule has 120 valence electrons. The number of hydrazone groups is 1. The van der Waals surface area contributed by atoms with Gasteiger partial charge in [-0.05, 0) is 29.8 Å². The molecule has 2 aromatic carbocycles. The fourth-order valence-corrected chi connectivity index (χ4v) is 2.35. The van der Waals surface area contributed by atoms with Crippen LogP contribution in [0.5, 0.6) is 0 Å². The maximum absolute atomic E-state index is 13.4. The van der Waals surface area contributed by atoms with Gasteiger partial charge in [-0.15, -0.1) is 0 Å². The van der Waals surface area contributed by atoms with E-state index in [1.165, 1.54) is 12.1 Å². The number of hydrogen-bond acceptors (Lipinski definition) is 4. The van der Waals surface area contributed by atoms with Crippen molar-refractivity contribution in [2.24, 2.45) is 5.10 Å². The molecule has 23 heavy (non-hydrogen) atoms. The molecule has 0 radical (unpaired) electrons. The average Bonchev–Trinajstić information content (AvgIpc) is 2.58. The Morgan fingerprint density at radius 1 is 1.04 bits per heavy atom. The molecule has 4 nitrogen and oxygen atoms in total. The molecule has 1 heterocycles. The van der Waals surface area contributed by atoms with E-state index >= 15 is 0 Å². The van der Waals surface area contributed by atoms with Crippen LogP contribution in [0.2, 0.25) is 0 Å². The molecule has 1 aliphatic rings. The lowest BCUT2D eigenvalue weighted by molar-refractivity contribution is 0.122. The summed E-state index contributed by atoms with van der Waals surface area (Å²) < 4.78 is 31.6. The molecule has 0 bridgehead atoms. The van der Waals surface area contributed by atoms with Crippen LogP contribution in [0.25, 0.3) is 0 Å². The Hall–Kier alpha value is -2.47. The van der Waals surface area contributed by atoms with Gasteiger partial charge >= 0.3 is 0 Å². The van der Waals surface area contributed by atoms with Crippen LogP contribution in [0, 0.1) is 11.6 Å². The number of anilines is 2. The molecule has 0 amide bonds. The van der Waals surface area contributed by atoms with Gasteiger partial charge in [0.2, 0.25) is 0 Å². The number of ether oxygens (including phenoxy) is 1.